The molecule has 0 aliphatic carbocycles. The van der Waals surface area contributed by atoms with E-state index in [1.54, 1.807) is 24.3 Å². The number of fused-ring (bicyclic) bond motifs is 1. The fourth-order valence-electron chi connectivity index (χ4n) is 2.75. The van der Waals surface area contributed by atoms with Crippen LogP contribution in [0.4, 0.5) is 5.69 Å². The monoisotopic (exact) mass is 397 g/mol. The lowest BCUT2D eigenvalue weighted by atomic mass is 10.2. The van der Waals surface area contributed by atoms with Crippen LogP contribution in [0.2, 0.25) is 0 Å². The van der Waals surface area contributed by atoms with E-state index in [1.165, 1.54) is 0 Å². The van der Waals surface area contributed by atoms with Crippen LogP contribution in [0.25, 0.3) is 11.0 Å². The number of anilines is 1. The van der Waals surface area contributed by atoms with E-state index >= 15 is 0 Å². The van der Waals surface area contributed by atoms with E-state index in [0.717, 1.165) is 16.9 Å². The summed E-state index contributed by atoms with van der Waals surface area (Å²) in [6.07, 6.45) is -0.627. The third-order valence-electron chi connectivity index (χ3n) is 3.92. The molecule has 0 radical (unpaired) electrons. The number of aliphatic hydroxyl groups excluding tert-OH is 1. The molecule has 5 nitrogen and oxygen atoms in total. The maximum atomic E-state index is 10.4. The summed E-state index contributed by atoms with van der Waals surface area (Å²) in [5.41, 5.74) is 8.33. The lowest BCUT2D eigenvalue weighted by Crippen LogP contribution is -2.24. The van der Waals surface area contributed by atoms with Gasteiger partial charge in [0.25, 0.3) is 0 Å². The van der Waals surface area contributed by atoms with Gasteiger partial charge in [0, 0.05) is 11.6 Å². The first-order chi connectivity index (χ1) is 11.5. The number of ether oxygens (including phenoxy) is 1. The molecular weight excluding hydrogens is 373 g/mol. The molecule has 1 atom stereocenters. The van der Waals surface area contributed by atoms with Gasteiger partial charge in [0.15, 0.2) is 0 Å². The van der Waals surface area contributed by atoms with Crippen LogP contribution in [0.15, 0.2) is 48.5 Å². The summed E-state index contributed by atoms with van der Waals surface area (Å²) in [5, 5.41) is 10.4. The number of para-hydroxylation sites is 2. The zero-order valence-electron chi connectivity index (χ0n) is 14.8. The number of hydrogen-bond donors (Lipinski definition) is 2. The Kier molecular flexibility index (Phi) is 8.21. The minimum atomic E-state index is -0.627. The highest BCUT2D eigenvalue weighted by molar-refractivity contribution is 5.85. The molecule has 7 heteroatoms. The second kappa shape index (κ2) is 9.67. The predicted octanol–water partition coefficient (Wildman–Crippen LogP) is 4.03. The molecule has 1 heterocycles. The topological polar surface area (TPSA) is 73.3 Å². The highest BCUT2D eigenvalue weighted by atomic mass is 35.5. The van der Waals surface area contributed by atoms with Crippen LogP contribution in [-0.2, 0) is 6.54 Å². The highest BCUT2D eigenvalue weighted by Gasteiger charge is 2.16. The van der Waals surface area contributed by atoms with Gasteiger partial charge in [0.2, 0.25) is 0 Å². The summed E-state index contributed by atoms with van der Waals surface area (Å²) >= 11 is 0. The SMILES string of the molecule is CC(C)c1nc2ccccc2n1CC(O)COc1ccc(N)cc1.Cl.Cl. The van der Waals surface area contributed by atoms with Gasteiger partial charge in [-0.3, -0.25) is 0 Å². The molecule has 0 aliphatic rings. The first-order valence-corrected chi connectivity index (χ1v) is 8.16. The first kappa shape index (κ1) is 22.1. The van der Waals surface area contributed by atoms with Crippen LogP contribution < -0.4 is 10.5 Å². The Morgan fingerprint density at radius 3 is 2.38 bits per heavy atom. The fraction of sp³-hybridized carbons (Fsp3) is 0.316. The van der Waals surface area contributed by atoms with Crippen molar-refractivity contribution in [2.24, 2.45) is 0 Å². The largest absolute Gasteiger partial charge is 0.491 e. The van der Waals surface area contributed by atoms with Gasteiger partial charge in [0.1, 0.15) is 24.3 Å². The van der Waals surface area contributed by atoms with Crippen molar-refractivity contribution >= 4 is 41.5 Å². The standard InChI is InChI=1S/C19H23N3O2.2ClH/c1-13(2)19-21-17-5-3-4-6-18(17)22(19)11-15(23)12-24-16-9-7-14(20)8-10-16;;/h3-10,13,15,23H,11-12,20H2,1-2H3;2*1H. The minimum absolute atomic E-state index is 0. The number of aliphatic hydroxyl groups is 1. The van der Waals surface area contributed by atoms with Crippen LogP contribution in [0.3, 0.4) is 0 Å². The van der Waals surface area contributed by atoms with E-state index in [4.69, 9.17) is 15.5 Å². The molecule has 0 spiro atoms. The number of benzene rings is 2. The Hall–Kier alpha value is -1.95. The molecule has 0 saturated heterocycles. The number of nitrogen functional groups attached to an aromatic ring is 1. The molecule has 3 rings (SSSR count). The second-order valence-corrected chi connectivity index (χ2v) is 6.26. The molecule has 142 valence electrons. The number of imidazole rings is 1. The maximum Gasteiger partial charge on any atom is 0.119 e. The molecule has 3 N–H and O–H groups in total. The average molecular weight is 398 g/mol. The predicted molar refractivity (Wildman–Crippen MR) is 111 cm³/mol. The van der Waals surface area contributed by atoms with Gasteiger partial charge in [-0.1, -0.05) is 26.0 Å². The van der Waals surface area contributed by atoms with Gasteiger partial charge in [-0.2, -0.15) is 0 Å². The van der Waals surface area contributed by atoms with Crippen molar-refractivity contribution in [3.05, 3.63) is 54.4 Å². The second-order valence-electron chi connectivity index (χ2n) is 6.26. The summed E-state index contributed by atoms with van der Waals surface area (Å²) < 4.78 is 7.73. The van der Waals surface area contributed by atoms with Gasteiger partial charge >= 0.3 is 0 Å². The minimum Gasteiger partial charge on any atom is -0.491 e. The molecule has 0 aliphatic heterocycles. The first-order valence-electron chi connectivity index (χ1n) is 8.16. The molecule has 1 unspecified atom stereocenters. The molecule has 0 saturated carbocycles. The molecule has 0 fully saturated rings. The molecule has 0 amide bonds. The molecule has 0 bridgehead atoms. The average Bonchev–Trinajstić information content (AvgIpc) is 2.93. The number of hydrogen-bond acceptors (Lipinski definition) is 4. The normalized spacial score (nSPS) is 11.7. The van der Waals surface area contributed by atoms with Gasteiger partial charge in [-0.05, 0) is 36.4 Å². The summed E-state index contributed by atoms with van der Waals surface area (Å²) in [7, 11) is 0. The summed E-state index contributed by atoms with van der Waals surface area (Å²) in [4.78, 5) is 4.69. The van der Waals surface area contributed by atoms with Crippen molar-refractivity contribution in [3.8, 4) is 5.75 Å². The summed E-state index contributed by atoms with van der Waals surface area (Å²) in [6, 6.07) is 15.1. The van der Waals surface area contributed by atoms with Crippen LogP contribution in [0, 0.1) is 0 Å². The lowest BCUT2D eigenvalue weighted by Gasteiger charge is -2.17. The Balaban J connectivity index is 0.00000169. The number of nitrogens with zero attached hydrogens (tertiary/aromatic N) is 2. The number of rotatable bonds is 6. The van der Waals surface area contributed by atoms with E-state index in [2.05, 4.69) is 18.4 Å². The van der Waals surface area contributed by atoms with Crippen LogP contribution >= 0.6 is 24.8 Å². The van der Waals surface area contributed by atoms with Crippen LogP contribution in [-0.4, -0.2) is 27.4 Å². The molecule has 3 aromatic rings. The Labute approximate surface area is 166 Å². The quantitative estimate of drug-likeness (QED) is 0.615. The number of aromatic nitrogens is 2. The van der Waals surface area contributed by atoms with Crippen molar-refractivity contribution in [3.63, 3.8) is 0 Å². The molecular formula is C19H25Cl2N3O2. The molecule has 2 aromatic carbocycles. The molecule has 1 aromatic heterocycles. The zero-order chi connectivity index (χ0) is 17.1. The highest BCUT2D eigenvalue weighted by Crippen LogP contribution is 2.22. The Bertz CT molecular complexity index is 819. The number of halogens is 2. The van der Waals surface area contributed by atoms with E-state index in [9.17, 15) is 5.11 Å². The van der Waals surface area contributed by atoms with E-state index in [1.807, 2.05) is 24.3 Å². The zero-order valence-corrected chi connectivity index (χ0v) is 16.5. The molecule has 26 heavy (non-hydrogen) atoms. The van der Waals surface area contributed by atoms with Gasteiger partial charge in [-0.25, -0.2) is 4.98 Å². The fourth-order valence-corrected chi connectivity index (χ4v) is 2.75. The van der Waals surface area contributed by atoms with E-state index < -0.39 is 6.10 Å². The summed E-state index contributed by atoms with van der Waals surface area (Å²) in [6.45, 7) is 4.88. The van der Waals surface area contributed by atoms with E-state index in [-0.39, 0.29) is 37.3 Å². The third-order valence-corrected chi connectivity index (χ3v) is 3.92. The summed E-state index contributed by atoms with van der Waals surface area (Å²) in [5.74, 6) is 1.95. The van der Waals surface area contributed by atoms with Crippen molar-refractivity contribution < 1.29 is 9.84 Å². The Morgan fingerprint density at radius 2 is 1.73 bits per heavy atom. The van der Waals surface area contributed by atoms with Crippen molar-refractivity contribution in [2.75, 3.05) is 12.3 Å². The van der Waals surface area contributed by atoms with Crippen molar-refractivity contribution in [1.29, 1.82) is 0 Å². The van der Waals surface area contributed by atoms with E-state index in [0.29, 0.717) is 18.0 Å². The lowest BCUT2D eigenvalue weighted by molar-refractivity contribution is 0.0925. The maximum absolute atomic E-state index is 10.4. The number of nitrogens with two attached hydrogens (primary N) is 1. The van der Waals surface area contributed by atoms with Crippen molar-refractivity contribution in [1.82, 2.24) is 9.55 Å². The van der Waals surface area contributed by atoms with Gasteiger partial charge in [-0.15, -0.1) is 24.8 Å². The Morgan fingerprint density at radius 1 is 1.08 bits per heavy atom. The smallest absolute Gasteiger partial charge is 0.119 e. The van der Waals surface area contributed by atoms with Gasteiger partial charge in [0.05, 0.1) is 17.6 Å². The van der Waals surface area contributed by atoms with Crippen molar-refractivity contribution in [2.45, 2.75) is 32.4 Å². The third kappa shape index (κ3) is 5.04. The van der Waals surface area contributed by atoms with Gasteiger partial charge < -0.3 is 20.1 Å². The van der Waals surface area contributed by atoms with Crippen LogP contribution in [0.5, 0.6) is 5.75 Å². The van der Waals surface area contributed by atoms with Crippen LogP contribution in [0.1, 0.15) is 25.6 Å².